The number of hydrogen-bond acceptors (Lipinski definition) is 4. The van der Waals surface area contributed by atoms with Crippen molar-refractivity contribution < 1.29 is 8.81 Å². The maximum atomic E-state index is 12.8. The summed E-state index contributed by atoms with van der Waals surface area (Å²) in [6.07, 6.45) is 2.80. The van der Waals surface area contributed by atoms with Gasteiger partial charge in [-0.15, -0.1) is 0 Å². The summed E-state index contributed by atoms with van der Waals surface area (Å²) in [6, 6.07) is 4.95. The van der Waals surface area contributed by atoms with Gasteiger partial charge >= 0.3 is 0 Å². The van der Waals surface area contributed by atoms with E-state index >= 15 is 0 Å². The van der Waals surface area contributed by atoms with Gasteiger partial charge in [0.05, 0.1) is 12.8 Å². The van der Waals surface area contributed by atoms with Crippen LogP contribution >= 0.6 is 0 Å². The minimum absolute atomic E-state index is 0.527. The standard InChI is InChI=1S/C10H10FN3O/c1-14(6-8-3-2-4-15-8)10-5-9(11)12-7-13-10/h2-5,7H,6H2,1H3. The zero-order valence-electron chi connectivity index (χ0n) is 8.22. The Balaban J connectivity index is 2.11. The van der Waals surface area contributed by atoms with Crippen molar-refractivity contribution in [1.82, 2.24) is 9.97 Å². The number of halogens is 1. The molecule has 0 bridgehead atoms. The zero-order chi connectivity index (χ0) is 10.7. The van der Waals surface area contributed by atoms with Gasteiger partial charge in [-0.3, -0.25) is 0 Å². The molecule has 2 heterocycles. The van der Waals surface area contributed by atoms with Crippen molar-refractivity contribution in [3.63, 3.8) is 0 Å². The van der Waals surface area contributed by atoms with Crippen molar-refractivity contribution in [1.29, 1.82) is 0 Å². The molecule has 2 aromatic rings. The van der Waals surface area contributed by atoms with Crippen LogP contribution in [0, 0.1) is 5.95 Å². The summed E-state index contributed by atoms with van der Waals surface area (Å²) in [7, 11) is 1.81. The molecule has 0 aliphatic carbocycles. The fraction of sp³-hybridized carbons (Fsp3) is 0.200. The first-order valence-corrected chi connectivity index (χ1v) is 4.47. The third-order valence-electron chi connectivity index (χ3n) is 1.98. The van der Waals surface area contributed by atoms with Crippen molar-refractivity contribution >= 4 is 5.82 Å². The Morgan fingerprint density at radius 1 is 1.47 bits per heavy atom. The average molecular weight is 207 g/mol. The van der Waals surface area contributed by atoms with Gasteiger partial charge in [0, 0.05) is 13.1 Å². The van der Waals surface area contributed by atoms with E-state index in [1.165, 1.54) is 12.4 Å². The highest BCUT2D eigenvalue weighted by Gasteiger charge is 2.06. The molecule has 0 spiro atoms. The summed E-state index contributed by atoms with van der Waals surface area (Å²) in [5.41, 5.74) is 0. The van der Waals surface area contributed by atoms with Gasteiger partial charge in [-0.25, -0.2) is 9.97 Å². The third kappa shape index (κ3) is 2.31. The summed E-state index contributed by atoms with van der Waals surface area (Å²) in [4.78, 5) is 9.13. The number of aromatic nitrogens is 2. The Labute approximate surface area is 86.4 Å². The van der Waals surface area contributed by atoms with E-state index in [4.69, 9.17) is 4.42 Å². The van der Waals surface area contributed by atoms with Crippen LogP contribution in [0.2, 0.25) is 0 Å². The van der Waals surface area contributed by atoms with E-state index in [0.29, 0.717) is 12.4 Å². The fourth-order valence-electron chi connectivity index (χ4n) is 1.25. The van der Waals surface area contributed by atoms with Crippen molar-refractivity contribution in [2.75, 3.05) is 11.9 Å². The fourth-order valence-corrected chi connectivity index (χ4v) is 1.25. The summed E-state index contributed by atoms with van der Waals surface area (Å²) in [6.45, 7) is 0.545. The zero-order valence-corrected chi connectivity index (χ0v) is 8.22. The van der Waals surface area contributed by atoms with Crippen LogP contribution in [0.15, 0.2) is 35.2 Å². The molecule has 0 saturated carbocycles. The largest absolute Gasteiger partial charge is 0.467 e. The van der Waals surface area contributed by atoms with Crippen LogP contribution in [0.1, 0.15) is 5.76 Å². The Morgan fingerprint density at radius 2 is 2.33 bits per heavy atom. The lowest BCUT2D eigenvalue weighted by molar-refractivity contribution is 0.506. The Bertz CT molecular complexity index is 430. The van der Waals surface area contributed by atoms with Gasteiger partial charge in [0.15, 0.2) is 0 Å². The van der Waals surface area contributed by atoms with E-state index in [1.807, 2.05) is 19.2 Å². The number of anilines is 1. The molecular weight excluding hydrogens is 197 g/mol. The lowest BCUT2D eigenvalue weighted by Gasteiger charge is -2.15. The SMILES string of the molecule is CN(Cc1ccco1)c1cc(F)ncn1. The molecule has 0 aliphatic rings. The molecule has 2 aromatic heterocycles. The lowest BCUT2D eigenvalue weighted by atomic mass is 10.4. The molecule has 0 aromatic carbocycles. The van der Waals surface area contributed by atoms with E-state index in [-0.39, 0.29) is 0 Å². The van der Waals surface area contributed by atoms with Crippen LogP contribution in [-0.2, 0) is 6.54 Å². The van der Waals surface area contributed by atoms with Crippen LogP contribution in [-0.4, -0.2) is 17.0 Å². The first kappa shape index (κ1) is 9.64. The van der Waals surface area contributed by atoms with Gasteiger partial charge in [-0.1, -0.05) is 0 Å². The first-order chi connectivity index (χ1) is 7.25. The van der Waals surface area contributed by atoms with Gasteiger partial charge in [0.2, 0.25) is 5.95 Å². The predicted octanol–water partition coefficient (Wildman–Crippen LogP) is 1.85. The van der Waals surface area contributed by atoms with Crippen LogP contribution in [0.4, 0.5) is 10.2 Å². The van der Waals surface area contributed by atoms with E-state index < -0.39 is 5.95 Å². The molecule has 0 fully saturated rings. The van der Waals surface area contributed by atoms with Crippen LogP contribution in [0.25, 0.3) is 0 Å². The van der Waals surface area contributed by atoms with Crippen molar-refractivity contribution in [3.05, 3.63) is 42.5 Å². The highest BCUT2D eigenvalue weighted by Crippen LogP contribution is 2.12. The summed E-state index contributed by atoms with van der Waals surface area (Å²) < 4.78 is 18.0. The molecule has 15 heavy (non-hydrogen) atoms. The Morgan fingerprint density at radius 3 is 3.00 bits per heavy atom. The number of furan rings is 1. The minimum Gasteiger partial charge on any atom is -0.467 e. The van der Waals surface area contributed by atoms with Crippen LogP contribution < -0.4 is 4.90 Å². The number of nitrogens with zero attached hydrogens (tertiary/aromatic N) is 3. The average Bonchev–Trinajstić information content (AvgIpc) is 2.70. The monoisotopic (exact) mass is 207 g/mol. The molecule has 0 atom stereocenters. The summed E-state index contributed by atoms with van der Waals surface area (Å²) >= 11 is 0. The quantitative estimate of drug-likeness (QED) is 0.720. The molecule has 0 saturated heterocycles. The second kappa shape index (κ2) is 4.08. The second-order valence-electron chi connectivity index (χ2n) is 3.13. The number of hydrogen-bond donors (Lipinski definition) is 0. The first-order valence-electron chi connectivity index (χ1n) is 4.47. The van der Waals surface area contributed by atoms with Gasteiger partial charge in [-0.2, -0.15) is 4.39 Å². The molecule has 0 radical (unpaired) electrons. The maximum absolute atomic E-state index is 12.8. The van der Waals surface area contributed by atoms with E-state index in [0.717, 1.165) is 5.76 Å². The van der Waals surface area contributed by atoms with E-state index in [1.54, 1.807) is 11.2 Å². The molecule has 0 amide bonds. The molecule has 0 N–H and O–H groups in total. The Kier molecular flexibility index (Phi) is 2.62. The molecule has 2 rings (SSSR count). The molecule has 0 aliphatic heterocycles. The van der Waals surface area contributed by atoms with Crippen LogP contribution in [0.5, 0.6) is 0 Å². The normalized spacial score (nSPS) is 10.3. The van der Waals surface area contributed by atoms with Crippen molar-refractivity contribution in [2.45, 2.75) is 6.54 Å². The van der Waals surface area contributed by atoms with E-state index in [2.05, 4.69) is 9.97 Å². The molecule has 4 nitrogen and oxygen atoms in total. The van der Waals surface area contributed by atoms with Crippen LogP contribution in [0.3, 0.4) is 0 Å². The van der Waals surface area contributed by atoms with Gasteiger partial charge in [-0.05, 0) is 12.1 Å². The number of rotatable bonds is 3. The van der Waals surface area contributed by atoms with Crippen molar-refractivity contribution in [3.8, 4) is 0 Å². The predicted molar refractivity (Wildman–Crippen MR) is 52.8 cm³/mol. The highest BCUT2D eigenvalue weighted by molar-refractivity contribution is 5.35. The second-order valence-corrected chi connectivity index (χ2v) is 3.13. The van der Waals surface area contributed by atoms with Gasteiger partial charge in [0.1, 0.15) is 17.9 Å². The van der Waals surface area contributed by atoms with Gasteiger partial charge < -0.3 is 9.32 Å². The summed E-state index contributed by atoms with van der Waals surface area (Å²) in [5.74, 6) is 0.793. The van der Waals surface area contributed by atoms with E-state index in [9.17, 15) is 4.39 Å². The topological polar surface area (TPSA) is 42.2 Å². The third-order valence-corrected chi connectivity index (χ3v) is 1.98. The minimum atomic E-state index is -0.536. The molecule has 78 valence electrons. The maximum Gasteiger partial charge on any atom is 0.218 e. The lowest BCUT2D eigenvalue weighted by Crippen LogP contribution is -2.17. The summed E-state index contributed by atoms with van der Waals surface area (Å²) in [5, 5.41) is 0. The molecule has 5 heteroatoms. The van der Waals surface area contributed by atoms with Crippen molar-refractivity contribution in [2.24, 2.45) is 0 Å². The highest BCUT2D eigenvalue weighted by atomic mass is 19.1. The smallest absolute Gasteiger partial charge is 0.218 e. The molecule has 0 unspecified atom stereocenters. The Hall–Kier alpha value is -1.91. The molecular formula is C10H10FN3O. The van der Waals surface area contributed by atoms with Gasteiger partial charge in [0.25, 0.3) is 0 Å².